The molecule has 88 valence electrons. The normalized spacial score (nSPS) is 33.8. The highest BCUT2D eigenvalue weighted by atomic mass is 79.9. The Balaban J connectivity index is 1.75. The Labute approximate surface area is 110 Å². The van der Waals surface area contributed by atoms with E-state index in [0.717, 1.165) is 24.3 Å². The number of halogens is 1. The molecule has 3 rings (SSSR count). The van der Waals surface area contributed by atoms with Gasteiger partial charge in [0.15, 0.2) is 0 Å². The van der Waals surface area contributed by atoms with Crippen molar-refractivity contribution in [3.8, 4) is 0 Å². The molecule has 1 aromatic rings. The smallest absolute Gasteiger partial charge is 0.0701 e. The van der Waals surface area contributed by atoms with E-state index in [2.05, 4.69) is 40.3 Å². The highest BCUT2D eigenvalue weighted by Crippen LogP contribution is 2.57. The first kappa shape index (κ1) is 11.2. The highest BCUT2D eigenvalue weighted by Gasteiger charge is 2.48. The molecule has 0 aliphatic heterocycles. The Bertz CT molecular complexity index is 366. The molecular weight excluding hydrogens is 282 g/mol. The van der Waals surface area contributed by atoms with Crippen LogP contribution < -0.4 is 5.32 Å². The molecular formula is C13H18BrNS. The molecule has 16 heavy (non-hydrogen) atoms. The maximum absolute atomic E-state index is 3.68. The van der Waals surface area contributed by atoms with E-state index in [0.29, 0.717) is 6.04 Å². The van der Waals surface area contributed by atoms with Crippen LogP contribution in [0.25, 0.3) is 0 Å². The Hall–Kier alpha value is 0.140. The molecule has 1 aromatic heterocycles. The fourth-order valence-corrected chi connectivity index (χ4v) is 4.84. The average Bonchev–Trinajstić information content (AvgIpc) is 2.71. The standard InChI is InChI=1S/C13H18BrNS/c1-2-15-13(11-3-4-12(14)16-11)10-6-8-5-9(8)7-10/h3-4,8-10,13,15H,2,5-7H2,1H3. The third-order valence-corrected chi connectivity index (χ3v) is 5.78. The summed E-state index contributed by atoms with van der Waals surface area (Å²) in [6.07, 6.45) is 4.43. The molecule has 1 heterocycles. The van der Waals surface area contributed by atoms with E-state index in [9.17, 15) is 0 Å². The molecule has 1 nitrogen and oxygen atoms in total. The molecule has 0 amide bonds. The third kappa shape index (κ3) is 2.09. The summed E-state index contributed by atoms with van der Waals surface area (Å²) in [5, 5.41) is 3.68. The minimum atomic E-state index is 0.606. The molecule has 3 unspecified atom stereocenters. The predicted molar refractivity (Wildman–Crippen MR) is 72.8 cm³/mol. The topological polar surface area (TPSA) is 12.0 Å². The maximum atomic E-state index is 3.68. The fourth-order valence-electron chi connectivity index (χ4n) is 3.25. The predicted octanol–water partition coefficient (Wildman–Crippen LogP) is 4.21. The third-order valence-electron chi connectivity index (χ3n) is 4.08. The van der Waals surface area contributed by atoms with E-state index in [1.807, 2.05) is 11.3 Å². The minimum absolute atomic E-state index is 0.606. The van der Waals surface area contributed by atoms with Crippen molar-refractivity contribution in [1.29, 1.82) is 0 Å². The summed E-state index contributed by atoms with van der Waals surface area (Å²) in [5.74, 6) is 3.04. The van der Waals surface area contributed by atoms with Gasteiger partial charge in [-0.3, -0.25) is 0 Å². The van der Waals surface area contributed by atoms with E-state index in [-0.39, 0.29) is 0 Å². The minimum Gasteiger partial charge on any atom is -0.309 e. The number of hydrogen-bond donors (Lipinski definition) is 1. The zero-order valence-electron chi connectivity index (χ0n) is 9.58. The molecule has 2 saturated carbocycles. The van der Waals surface area contributed by atoms with Crippen molar-refractivity contribution in [2.24, 2.45) is 17.8 Å². The summed E-state index contributed by atoms with van der Waals surface area (Å²) >= 11 is 5.46. The summed E-state index contributed by atoms with van der Waals surface area (Å²) in [6, 6.07) is 5.07. The molecule has 0 bridgehead atoms. The second-order valence-electron chi connectivity index (χ2n) is 5.16. The first-order valence-corrected chi connectivity index (χ1v) is 7.87. The van der Waals surface area contributed by atoms with Crippen molar-refractivity contribution in [3.05, 3.63) is 20.8 Å². The Morgan fingerprint density at radius 2 is 2.12 bits per heavy atom. The van der Waals surface area contributed by atoms with Gasteiger partial charge in [0.2, 0.25) is 0 Å². The molecule has 3 heteroatoms. The molecule has 3 atom stereocenters. The van der Waals surface area contributed by atoms with Gasteiger partial charge in [-0.05, 0) is 71.6 Å². The zero-order chi connectivity index (χ0) is 11.1. The fraction of sp³-hybridized carbons (Fsp3) is 0.692. The van der Waals surface area contributed by atoms with Gasteiger partial charge < -0.3 is 5.32 Å². The lowest BCUT2D eigenvalue weighted by Gasteiger charge is -2.24. The van der Waals surface area contributed by atoms with Crippen molar-refractivity contribution in [2.45, 2.75) is 32.2 Å². The van der Waals surface area contributed by atoms with Crippen LogP contribution in [0.2, 0.25) is 0 Å². The monoisotopic (exact) mass is 299 g/mol. The average molecular weight is 300 g/mol. The van der Waals surface area contributed by atoms with Gasteiger partial charge in [-0.15, -0.1) is 11.3 Å². The summed E-state index contributed by atoms with van der Waals surface area (Å²) < 4.78 is 1.26. The van der Waals surface area contributed by atoms with Crippen molar-refractivity contribution >= 4 is 27.3 Å². The van der Waals surface area contributed by atoms with Crippen molar-refractivity contribution in [2.75, 3.05) is 6.54 Å². The number of hydrogen-bond acceptors (Lipinski definition) is 2. The number of fused-ring (bicyclic) bond motifs is 1. The van der Waals surface area contributed by atoms with Crippen LogP contribution in [-0.2, 0) is 0 Å². The number of thiophene rings is 1. The second kappa shape index (κ2) is 4.43. The van der Waals surface area contributed by atoms with Crippen LogP contribution >= 0.6 is 27.3 Å². The molecule has 0 saturated heterocycles. The Morgan fingerprint density at radius 1 is 1.38 bits per heavy atom. The second-order valence-corrected chi connectivity index (χ2v) is 7.66. The maximum Gasteiger partial charge on any atom is 0.0701 e. The van der Waals surface area contributed by atoms with Gasteiger partial charge in [0.1, 0.15) is 0 Å². The zero-order valence-corrected chi connectivity index (χ0v) is 12.0. The van der Waals surface area contributed by atoms with Gasteiger partial charge in [0.25, 0.3) is 0 Å². The molecule has 0 radical (unpaired) electrons. The number of nitrogens with one attached hydrogen (secondary N) is 1. The molecule has 1 N–H and O–H groups in total. The lowest BCUT2D eigenvalue weighted by Crippen LogP contribution is -2.26. The lowest BCUT2D eigenvalue weighted by atomic mass is 9.93. The van der Waals surface area contributed by atoms with E-state index in [4.69, 9.17) is 0 Å². The summed E-state index contributed by atoms with van der Waals surface area (Å²) in [5.41, 5.74) is 0. The highest BCUT2D eigenvalue weighted by molar-refractivity contribution is 9.11. The van der Waals surface area contributed by atoms with E-state index in [1.165, 1.54) is 27.9 Å². The van der Waals surface area contributed by atoms with Gasteiger partial charge in [0.05, 0.1) is 3.79 Å². The van der Waals surface area contributed by atoms with Gasteiger partial charge >= 0.3 is 0 Å². The van der Waals surface area contributed by atoms with Gasteiger partial charge in [-0.1, -0.05) is 6.92 Å². The summed E-state index contributed by atoms with van der Waals surface area (Å²) in [6.45, 7) is 3.29. The van der Waals surface area contributed by atoms with Crippen LogP contribution in [-0.4, -0.2) is 6.54 Å². The van der Waals surface area contributed by atoms with Crippen LogP contribution in [0.3, 0.4) is 0 Å². The van der Waals surface area contributed by atoms with Crippen molar-refractivity contribution < 1.29 is 0 Å². The lowest BCUT2D eigenvalue weighted by molar-refractivity contribution is 0.351. The largest absolute Gasteiger partial charge is 0.309 e. The van der Waals surface area contributed by atoms with Crippen molar-refractivity contribution in [3.63, 3.8) is 0 Å². The van der Waals surface area contributed by atoms with E-state index < -0.39 is 0 Å². The SMILES string of the molecule is CCNC(c1ccc(Br)s1)C1CC2CC2C1. The van der Waals surface area contributed by atoms with Crippen molar-refractivity contribution in [1.82, 2.24) is 5.32 Å². The van der Waals surface area contributed by atoms with Gasteiger partial charge in [-0.2, -0.15) is 0 Å². The van der Waals surface area contributed by atoms with Crippen LogP contribution in [0.5, 0.6) is 0 Å². The van der Waals surface area contributed by atoms with Gasteiger partial charge in [0, 0.05) is 10.9 Å². The molecule has 0 spiro atoms. The first-order valence-electron chi connectivity index (χ1n) is 6.26. The summed E-state index contributed by atoms with van der Waals surface area (Å²) in [7, 11) is 0. The molecule has 0 aromatic carbocycles. The van der Waals surface area contributed by atoms with E-state index in [1.54, 1.807) is 0 Å². The van der Waals surface area contributed by atoms with E-state index >= 15 is 0 Å². The Morgan fingerprint density at radius 3 is 2.69 bits per heavy atom. The van der Waals surface area contributed by atoms with Gasteiger partial charge in [-0.25, -0.2) is 0 Å². The molecule has 2 aliphatic rings. The van der Waals surface area contributed by atoms with Crippen LogP contribution in [0, 0.1) is 17.8 Å². The Kier molecular flexibility index (Phi) is 3.11. The van der Waals surface area contributed by atoms with Crippen LogP contribution in [0.1, 0.15) is 37.1 Å². The summed E-state index contributed by atoms with van der Waals surface area (Å²) in [4.78, 5) is 1.51. The number of rotatable bonds is 4. The van der Waals surface area contributed by atoms with Crippen LogP contribution in [0.15, 0.2) is 15.9 Å². The molecule has 2 aliphatic carbocycles. The quantitative estimate of drug-likeness (QED) is 0.878. The first-order chi connectivity index (χ1) is 7.78. The molecule has 2 fully saturated rings. The van der Waals surface area contributed by atoms with Crippen LogP contribution in [0.4, 0.5) is 0 Å².